The van der Waals surface area contributed by atoms with Crippen molar-refractivity contribution >= 4 is 22.9 Å². The third kappa shape index (κ3) is 3.17. The normalized spacial score (nSPS) is 18.7. The highest BCUT2D eigenvalue weighted by Crippen LogP contribution is 2.25. The lowest BCUT2D eigenvalue weighted by Gasteiger charge is -2.25. The molecule has 0 N–H and O–H groups in total. The number of rotatable bonds is 3. The van der Waals surface area contributed by atoms with Gasteiger partial charge in [-0.05, 0) is 18.6 Å². The first-order valence-corrected chi connectivity index (χ1v) is 7.01. The molecule has 1 aliphatic rings. The summed E-state index contributed by atoms with van der Waals surface area (Å²) in [6.07, 6.45) is -1.01. The number of anilines is 1. The van der Waals surface area contributed by atoms with Crippen molar-refractivity contribution in [2.75, 3.05) is 25.0 Å². The number of aromatic nitrogens is 3. The summed E-state index contributed by atoms with van der Waals surface area (Å²) in [5, 5.41) is 0. The van der Waals surface area contributed by atoms with E-state index in [0.29, 0.717) is 23.4 Å². The molecule has 0 saturated carbocycles. The number of fused-ring (bicyclic) bond motifs is 1. The van der Waals surface area contributed by atoms with Gasteiger partial charge in [0.05, 0.1) is 0 Å². The molecule has 2 aromatic rings. The van der Waals surface area contributed by atoms with Gasteiger partial charge in [0.2, 0.25) is 5.91 Å². The average molecular weight is 325 g/mol. The molecule has 0 spiro atoms. The molecular formula is C14H14F3N5O. The maximum absolute atomic E-state index is 12.5. The number of amides is 1. The Balaban J connectivity index is 1.79. The molecule has 23 heavy (non-hydrogen) atoms. The van der Waals surface area contributed by atoms with Crippen LogP contribution in [0.1, 0.15) is 6.42 Å². The molecule has 3 rings (SSSR count). The number of carbonyl (C=O) groups is 1. The Morgan fingerprint density at radius 1 is 1.30 bits per heavy atom. The fourth-order valence-electron chi connectivity index (χ4n) is 2.66. The van der Waals surface area contributed by atoms with E-state index in [2.05, 4.69) is 15.0 Å². The lowest BCUT2D eigenvalue weighted by Crippen LogP contribution is -2.42. The summed E-state index contributed by atoms with van der Waals surface area (Å²) in [6.45, 7) is -1.13. The second-order valence-corrected chi connectivity index (χ2v) is 5.36. The van der Waals surface area contributed by atoms with E-state index in [0.717, 1.165) is 4.90 Å². The van der Waals surface area contributed by atoms with Gasteiger partial charge in [0.1, 0.15) is 23.9 Å². The van der Waals surface area contributed by atoms with Crippen LogP contribution in [-0.2, 0) is 4.79 Å². The molecule has 1 aliphatic heterocycles. The van der Waals surface area contributed by atoms with Crippen molar-refractivity contribution in [1.82, 2.24) is 19.9 Å². The van der Waals surface area contributed by atoms with Crippen LogP contribution in [0.4, 0.5) is 19.0 Å². The number of hydrogen-bond acceptors (Lipinski definition) is 5. The summed E-state index contributed by atoms with van der Waals surface area (Å²) in [5.74, 6) is -0.0592. The first-order chi connectivity index (χ1) is 10.8. The van der Waals surface area contributed by atoms with E-state index >= 15 is 0 Å². The first-order valence-electron chi connectivity index (χ1n) is 7.01. The Kier molecular flexibility index (Phi) is 3.78. The first kappa shape index (κ1) is 15.4. The van der Waals surface area contributed by atoms with Gasteiger partial charge in [-0.1, -0.05) is 0 Å². The van der Waals surface area contributed by atoms with Crippen molar-refractivity contribution in [3.8, 4) is 0 Å². The van der Waals surface area contributed by atoms with Crippen LogP contribution in [0.15, 0.2) is 24.5 Å². The van der Waals surface area contributed by atoms with Crippen LogP contribution in [-0.4, -0.2) is 58.1 Å². The molecule has 1 saturated heterocycles. The molecule has 0 aliphatic carbocycles. The molecule has 2 aromatic heterocycles. The number of halogens is 3. The van der Waals surface area contributed by atoms with Crippen LogP contribution in [0, 0.1) is 0 Å². The van der Waals surface area contributed by atoms with Crippen LogP contribution in [0.5, 0.6) is 0 Å². The molecular weight excluding hydrogens is 311 g/mol. The fraction of sp³-hybridized carbons (Fsp3) is 0.429. The zero-order chi connectivity index (χ0) is 16.6. The number of likely N-dealkylation sites (N-methyl/N-ethyl adjacent to an activating group) is 1. The maximum Gasteiger partial charge on any atom is 0.406 e. The van der Waals surface area contributed by atoms with Gasteiger partial charge < -0.3 is 9.80 Å². The largest absolute Gasteiger partial charge is 0.406 e. The van der Waals surface area contributed by atoms with Gasteiger partial charge in [-0.3, -0.25) is 9.78 Å². The highest BCUT2D eigenvalue weighted by Gasteiger charge is 2.41. The van der Waals surface area contributed by atoms with Gasteiger partial charge >= 0.3 is 6.18 Å². The summed E-state index contributed by atoms with van der Waals surface area (Å²) in [5.41, 5.74) is 1.04. The Hall–Kier alpha value is -2.45. The van der Waals surface area contributed by atoms with Crippen molar-refractivity contribution in [2.45, 2.75) is 18.6 Å². The summed E-state index contributed by atoms with van der Waals surface area (Å²) >= 11 is 0. The number of carbonyl (C=O) groups excluding carboxylic acids is 1. The van der Waals surface area contributed by atoms with E-state index in [-0.39, 0.29) is 6.54 Å². The van der Waals surface area contributed by atoms with E-state index in [9.17, 15) is 18.0 Å². The Morgan fingerprint density at radius 3 is 2.78 bits per heavy atom. The fourth-order valence-corrected chi connectivity index (χ4v) is 2.66. The van der Waals surface area contributed by atoms with Gasteiger partial charge in [0.25, 0.3) is 0 Å². The Labute approximate surface area is 129 Å². The average Bonchev–Trinajstić information content (AvgIpc) is 2.85. The third-order valence-corrected chi connectivity index (χ3v) is 3.79. The second kappa shape index (κ2) is 5.64. The summed E-state index contributed by atoms with van der Waals surface area (Å²) < 4.78 is 37.4. The predicted molar refractivity (Wildman–Crippen MR) is 76.8 cm³/mol. The van der Waals surface area contributed by atoms with Crippen LogP contribution in [0.25, 0.3) is 11.2 Å². The molecule has 0 radical (unpaired) electrons. The van der Waals surface area contributed by atoms with Crippen LogP contribution in [0.3, 0.4) is 0 Å². The number of hydrogen-bond donors (Lipinski definition) is 0. The van der Waals surface area contributed by atoms with Gasteiger partial charge in [-0.2, -0.15) is 13.2 Å². The van der Waals surface area contributed by atoms with Crippen LogP contribution < -0.4 is 4.90 Å². The van der Waals surface area contributed by atoms with Crippen molar-refractivity contribution in [2.24, 2.45) is 0 Å². The smallest absolute Gasteiger partial charge is 0.347 e. The minimum absolute atomic E-state index is 0.0841. The second-order valence-electron chi connectivity index (χ2n) is 5.36. The number of alkyl halides is 3. The third-order valence-electron chi connectivity index (χ3n) is 3.79. The highest BCUT2D eigenvalue weighted by atomic mass is 19.4. The van der Waals surface area contributed by atoms with Gasteiger partial charge in [0, 0.05) is 26.0 Å². The standard InChI is InChI=1S/C14H14F3N5O/c1-21(10-4-7-22(13(10)23)8-14(15,16)17)11-3-2-9-12(20-11)19-6-5-18-9/h2-3,5-6,10H,4,7-8H2,1H3/t10-/m0/s1. The van der Waals surface area contributed by atoms with Gasteiger partial charge in [-0.25, -0.2) is 9.97 Å². The molecule has 6 nitrogen and oxygen atoms in total. The van der Waals surface area contributed by atoms with E-state index in [4.69, 9.17) is 0 Å². The minimum atomic E-state index is -4.39. The maximum atomic E-state index is 12.5. The molecule has 122 valence electrons. The molecule has 9 heteroatoms. The number of nitrogens with zero attached hydrogens (tertiary/aromatic N) is 5. The van der Waals surface area contributed by atoms with Gasteiger partial charge in [-0.15, -0.1) is 0 Å². The molecule has 3 heterocycles. The van der Waals surface area contributed by atoms with Crippen molar-refractivity contribution in [3.63, 3.8) is 0 Å². The number of pyridine rings is 1. The van der Waals surface area contributed by atoms with E-state index < -0.39 is 24.7 Å². The summed E-state index contributed by atoms with van der Waals surface area (Å²) in [7, 11) is 1.64. The molecule has 0 unspecified atom stereocenters. The highest BCUT2D eigenvalue weighted by molar-refractivity contribution is 5.87. The van der Waals surface area contributed by atoms with Crippen LogP contribution >= 0.6 is 0 Å². The summed E-state index contributed by atoms with van der Waals surface area (Å²) in [4.78, 5) is 27.1. The number of likely N-dealkylation sites (tertiary alicyclic amines) is 1. The molecule has 0 aromatic carbocycles. The molecule has 1 fully saturated rings. The summed E-state index contributed by atoms with van der Waals surface area (Å²) in [6, 6.07) is 2.74. The SMILES string of the molecule is CN(c1ccc2nccnc2n1)[C@H]1CCN(CC(F)(F)F)C1=O. The zero-order valence-electron chi connectivity index (χ0n) is 12.3. The topological polar surface area (TPSA) is 62.2 Å². The molecule has 1 atom stereocenters. The Bertz CT molecular complexity index is 736. The lowest BCUT2D eigenvalue weighted by molar-refractivity contribution is -0.157. The van der Waals surface area contributed by atoms with E-state index in [1.165, 1.54) is 6.20 Å². The minimum Gasteiger partial charge on any atom is -0.347 e. The van der Waals surface area contributed by atoms with Crippen LogP contribution in [0.2, 0.25) is 0 Å². The van der Waals surface area contributed by atoms with Crippen molar-refractivity contribution in [3.05, 3.63) is 24.5 Å². The Morgan fingerprint density at radius 2 is 2.04 bits per heavy atom. The van der Waals surface area contributed by atoms with Crippen molar-refractivity contribution in [1.29, 1.82) is 0 Å². The monoisotopic (exact) mass is 325 g/mol. The van der Waals surface area contributed by atoms with E-state index in [1.54, 1.807) is 30.3 Å². The quantitative estimate of drug-likeness (QED) is 0.858. The van der Waals surface area contributed by atoms with E-state index in [1.807, 2.05) is 0 Å². The lowest BCUT2D eigenvalue weighted by atomic mass is 10.2. The van der Waals surface area contributed by atoms with Crippen molar-refractivity contribution < 1.29 is 18.0 Å². The zero-order valence-corrected chi connectivity index (χ0v) is 12.3. The van der Waals surface area contributed by atoms with Gasteiger partial charge in [0.15, 0.2) is 5.65 Å². The predicted octanol–water partition coefficient (Wildman–Crippen LogP) is 1.62. The molecule has 0 bridgehead atoms. The molecule has 1 amide bonds.